The van der Waals surface area contributed by atoms with E-state index in [-0.39, 0.29) is 30.5 Å². The van der Waals surface area contributed by atoms with Crippen LogP contribution in [0.5, 0.6) is 0 Å². The summed E-state index contributed by atoms with van der Waals surface area (Å²) in [5, 5.41) is 29.0. The minimum absolute atomic E-state index is 0.00155. The number of hydrogen-bond acceptors (Lipinski definition) is 4. The predicted molar refractivity (Wildman–Crippen MR) is 96.2 cm³/mol. The number of hydrogen-bond donors (Lipinski definition) is 3. The Balaban J connectivity index is 1.82. The third-order valence-electron chi connectivity index (χ3n) is 5.28. The average molecular weight is 352 g/mol. The van der Waals surface area contributed by atoms with E-state index in [0.717, 1.165) is 32.1 Å². The number of carbonyl (C=O) groups is 1. The first-order valence-corrected chi connectivity index (χ1v) is 9.59. The fourth-order valence-corrected chi connectivity index (χ4v) is 3.92. The van der Waals surface area contributed by atoms with Crippen LogP contribution in [0.15, 0.2) is 24.3 Å². The molecule has 2 aliphatic rings. The molecule has 5 heteroatoms. The number of unbranched alkanes of at least 4 members (excludes halogenated alkanes) is 2. The molecule has 0 amide bonds. The highest BCUT2D eigenvalue weighted by Gasteiger charge is 2.47. The minimum atomic E-state index is -0.792. The van der Waals surface area contributed by atoms with Crippen LogP contribution in [-0.2, 0) is 9.53 Å². The molecule has 2 rings (SSSR count). The average Bonchev–Trinajstić information content (AvgIpc) is 3.06. The quantitative estimate of drug-likeness (QED) is 0.415. The molecule has 5 nitrogen and oxygen atoms in total. The van der Waals surface area contributed by atoms with Crippen LogP contribution in [-0.4, -0.2) is 45.7 Å². The van der Waals surface area contributed by atoms with Crippen LogP contribution >= 0.6 is 0 Å². The molecule has 2 fully saturated rings. The van der Waals surface area contributed by atoms with E-state index in [1.165, 1.54) is 0 Å². The van der Waals surface area contributed by atoms with E-state index in [1.807, 2.05) is 24.3 Å². The lowest BCUT2D eigenvalue weighted by Crippen LogP contribution is -2.19. The first-order valence-electron chi connectivity index (χ1n) is 9.59. The fraction of sp³-hybridized carbons (Fsp3) is 0.750. The highest BCUT2D eigenvalue weighted by molar-refractivity contribution is 5.66. The second-order valence-electron chi connectivity index (χ2n) is 7.30. The van der Waals surface area contributed by atoms with Crippen molar-refractivity contribution in [1.82, 2.24) is 0 Å². The zero-order valence-electron chi connectivity index (χ0n) is 15.1. The van der Waals surface area contributed by atoms with Crippen molar-refractivity contribution < 1.29 is 24.9 Å². The molecule has 25 heavy (non-hydrogen) atoms. The summed E-state index contributed by atoms with van der Waals surface area (Å²) in [6.07, 6.45) is 13.0. The third-order valence-corrected chi connectivity index (χ3v) is 5.28. The number of allylic oxidation sites excluding steroid dienone is 1. The molecule has 1 saturated heterocycles. The molecular weight excluding hydrogens is 320 g/mol. The van der Waals surface area contributed by atoms with Gasteiger partial charge in [-0.05, 0) is 25.2 Å². The molecule has 0 aromatic carbocycles. The first-order chi connectivity index (χ1) is 12.0. The van der Waals surface area contributed by atoms with Gasteiger partial charge < -0.3 is 20.1 Å². The Morgan fingerprint density at radius 1 is 1.28 bits per heavy atom. The summed E-state index contributed by atoms with van der Waals surface area (Å²) in [7, 11) is 0. The number of carboxylic acid groups (broad SMARTS) is 1. The fourth-order valence-electron chi connectivity index (χ4n) is 3.92. The van der Waals surface area contributed by atoms with Crippen molar-refractivity contribution in [2.24, 2.45) is 11.8 Å². The number of aliphatic hydroxyl groups is 2. The van der Waals surface area contributed by atoms with Gasteiger partial charge in [0.15, 0.2) is 0 Å². The first kappa shape index (κ1) is 20.1. The maximum Gasteiger partial charge on any atom is 0.303 e. The van der Waals surface area contributed by atoms with Gasteiger partial charge in [-0.3, -0.25) is 4.79 Å². The number of carboxylic acids is 1. The molecule has 1 unspecified atom stereocenters. The highest BCUT2D eigenvalue weighted by Crippen LogP contribution is 2.44. The van der Waals surface area contributed by atoms with Gasteiger partial charge in [0, 0.05) is 18.8 Å². The van der Waals surface area contributed by atoms with Gasteiger partial charge in [-0.15, -0.1) is 0 Å². The summed E-state index contributed by atoms with van der Waals surface area (Å²) in [6, 6.07) is 0. The monoisotopic (exact) mass is 352 g/mol. The second-order valence-corrected chi connectivity index (χ2v) is 7.30. The molecule has 0 bridgehead atoms. The molecular formula is C20H32O5. The Morgan fingerprint density at radius 3 is 2.80 bits per heavy atom. The van der Waals surface area contributed by atoms with Crippen molar-refractivity contribution in [3.05, 3.63) is 24.3 Å². The van der Waals surface area contributed by atoms with Gasteiger partial charge in [-0.1, -0.05) is 50.5 Å². The van der Waals surface area contributed by atoms with Crippen LogP contribution in [0.25, 0.3) is 0 Å². The highest BCUT2D eigenvalue weighted by atomic mass is 16.5. The van der Waals surface area contributed by atoms with Crippen molar-refractivity contribution in [2.45, 2.75) is 82.7 Å². The summed E-state index contributed by atoms with van der Waals surface area (Å²) in [6.45, 7) is 2.14. The number of aliphatic hydroxyl groups excluding tert-OH is 2. The van der Waals surface area contributed by atoms with Crippen LogP contribution in [0.4, 0.5) is 0 Å². The van der Waals surface area contributed by atoms with Gasteiger partial charge in [0.1, 0.15) is 0 Å². The molecule has 1 aliphatic carbocycles. The zero-order chi connectivity index (χ0) is 18.2. The molecule has 1 aliphatic heterocycles. The summed E-state index contributed by atoms with van der Waals surface area (Å²) < 4.78 is 5.99. The Hall–Kier alpha value is -1.17. The largest absolute Gasteiger partial charge is 0.481 e. The number of rotatable bonds is 10. The molecule has 3 N–H and O–H groups in total. The molecule has 0 spiro atoms. The Morgan fingerprint density at radius 2 is 2.08 bits per heavy atom. The van der Waals surface area contributed by atoms with E-state index < -0.39 is 18.2 Å². The van der Waals surface area contributed by atoms with E-state index >= 15 is 0 Å². The van der Waals surface area contributed by atoms with Crippen LogP contribution in [0.1, 0.15) is 58.3 Å². The van der Waals surface area contributed by atoms with E-state index in [1.54, 1.807) is 0 Å². The summed E-state index contributed by atoms with van der Waals surface area (Å²) >= 11 is 0. The van der Waals surface area contributed by atoms with Gasteiger partial charge in [0.25, 0.3) is 0 Å². The predicted octanol–water partition coefficient (Wildman–Crippen LogP) is 3.06. The number of ether oxygens (including phenoxy) is 1. The van der Waals surface area contributed by atoms with Gasteiger partial charge in [-0.25, -0.2) is 0 Å². The van der Waals surface area contributed by atoms with Gasteiger partial charge >= 0.3 is 5.97 Å². The maximum absolute atomic E-state index is 10.5. The Labute approximate surface area is 150 Å². The van der Waals surface area contributed by atoms with Gasteiger partial charge in [-0.2, -0.15) is 0 Å². The summed E-state index contributed by atoms with van der Waals surface area (Å²) in [5.41, 5.74) is 0. The van der Waals surface area contributed by atoms with E-state index in [2.05, 4.69) is 6.92 Å². The summed E-state index contributed by atoms with van der Waals surface area (Å²) in [4.78, 5) is 10.5. The molecule has 0 aromatic heterocycles. The number of aliphatic carboxylic acids is 1. The molecule has 1 heterocycles. The lowest BCUT2D eigenvalue weighted by atomic mass is 9.89. The number of fused-ring (bicyclic) bond motifs is 1. The lowest BCUT2D eigenvalue weighted by molar-refractivity contribution is -0.136. The van der Waals surface area contributed by atoms with E-state index in [9.17, 15) is 15.0 Å². The van der Waals surface area contributed by atoms with Crippen molar-refractivity contribution in [3.63, 3.8) is 0 Å². The lowest BCUT2D eigenvalue weighted by Gasteiger charge is -2.17. The van der Waals surface area contributed by atoms with Crippen molar-refractivity contribution in [3.8, 4) is 0 Å². The van der Waals surface area contributed by atoms with Crippen LogP contribution in [0.2, 0.25) is 0 Å². The van der Waals surface area contributed by atoms with Crippen molar-refractivity contribution >= 4 is 5.97 Å². The second kappa shape index (κ2) is 10.1. The molecule has 0 aromatic rings. The summed E-state index contributed by atoms with van der Waals surface area (Å²) in [5.74, 6) is -0.494. The topological polar surface area (TPSA) is 87.0 Å². The van der Waals surface area contributed by atoms with Crippen molar-refractivity contribution in [2.75, 3.05) is 0 Å². The molecule has 142 valence electrons. The SMILES string of the molecule is CCCCC[C@H](O)/C=C/[C@@H]1[C@H]2CC(/C=C/CCC(=O)O)O[C@@H]2C[C@H]1O. The standard InChI is InChI=1S/C20H32O5/c1-2-3-4-7-14(21)10-11-16-17-12-15(8-5-6-9-20(23)24)25-19(17)13-18(16)22/h5,8,10-11,14-19,21-22H,2-4,6-7,9,12-13H2,1H3,(H,23,24)/b8-5+,11-10+/t14-,15?,16+,17+,18+,19+/m0/s1. The van der Waals surface area contributed by atoms with Crippen LogP contribution < -0.4 is 0 Å². The zero-order valence-corrected chi connectivity index (χ0v) is 15.1. The molecule has 1 saturated carbocycles. The van der Waals surface area contributed by atoms with E-state index in [0.29, 0.717) is 12.8 Å². The van der Waals surface area contributed by atoms with Gasteiger partial charge in [0.05, 0.1) is 24.4 Å². The smallest absolute Gasteiger partial charge is 0.303 e. The Kier molecular flexibility index (Phi) is 8.13. The molecule has 6 atom stereocenters. The maximum atomic E-state index is 10.5. The normalized spacial score (nSPS) is 33.3. The third kappa shape index (κ3) is 6.24. The van der Waals surface area contributed by atoms with E-state index in [4.69, 9.17) is 9.84 Å². The van der Waals surface area contributed by atoms with Crippen LogP contribution in [0.3, 0.4) is 0 Å². The Bertz CT molecular complexity index is 473. The molecule has 0 radical (unpaired) electrons. The van der Waals surface area contributed by atoms with Crippen LogP contribution in [0, 0.1) is 11.8 Å². The van der Waals surface area contributed by atoms with Crippen molar-refractivity contribution in [1.29, 1.82) is 0 Å². The minimum Gasteiger partial charge on any atom is -0.481 e. The van der Waals surface area contributed by atoms with Gasteiger partial charge in [0.2, 0.25) is 0 Å².